The molecule has 0 saturated carbocycles. The summed E-state index contributed by atoms with van der Waals surface area (Å²) in [5.74, 6) is 0. The van der Waals surface area contributed by atoms with E-state index in [-0.39, 0.29) is 0 Å². The summed E-state index contributed by atoms with van der Waals surface area (Å²) < 4.78 is 0. The van der Waals surface area contributed by atoms with Crippen molar-refractivity contribution in [2.24, 2.45) is 0 Å². The molecule has 0 spiro atoms. The van der Waals surface area contributed by atoms with E-state index in [1.807, 2.05) is 12.4 Å². The smallest absolute Gasteiger partial charge is 0.0547 e. The number of rotatable bonds is 7. The van der Waals surface area contributed by atoms with Crippen molar-refractivity contribution >= 4 is 22.7 Å². The second-order valence-electron chi connectivity index (χ2n) is 4.15. The molecule has 4 heteroatoms. The van der Waals surface area contributed by atoms with Crippen LogP contribution < -0.4 is 10.6 Å². The van der Waals surface area contributed by atoms with Crippen molar-refractivity contribution in [3.05, 3.63) is 40.8 Å². The van der Waals surface area contributed by atoms with E-state index in [2.05, 4.69) is 46.1 Å². The predicted octanol–water partition coefficient (Wildman–Crippen LogP) is 3.62. The average Bonchev–Trinajstić information content (AvgIpc) is 2.90. The lowest BCUT2D eigenvalue weighted by atomic mass is 10.3. The maximum absolute atomic E-state index is 4.23. The number of aromatic nitrogens is 1. The van der Waals surface area contributed by atoms with Crippen molar-refractivity contribution in [2.45, 2.75) is 19.8 Å². The lowest BCUT2D eigenvalue weighted by Crippen LogP contribution is -2.05. The van der Waals surface area contributed by atoms with Crippen LogP contribution in [0.25, 0.3) is 0 Å². The molecule has 0 aliphatic heterocycles. The van der Waals surface area contributed by atoms with Crippen molar-refractivity contribution in [1.29, 1.82) is 0 Å². The Labute approximate surface area is 112 Å². The highest BCUT2D eigenvalue weighted by Gasteiger charge is 1.97. The van der Waals surface area contributed by atoms with Gasteiger partial charge in [0.25, 0.3) is 0 Å². The highest BCUT2D eigenvalue weighted by molar-refractivity contribution is 7.09. The minimum atomic E-state index is 0.944. The van der Waals surface area contributed by atoms with Crippen LogP contribution >= 0.6 is 11.3 Å². The van der Waals surface area contributed by atoms with Crippen LogP contribution in [0.5, 0.6) is 0 Å². The van der Waals surface area contributed by atoms with Crippen LogP contribution in [-0.2, 0) is 6.42 Å². The molecule has 18 heavy (non-hydrogen) atoms. The molecule has 0 amide bonds. The minimum absolute atomic E-state index is 0.944. The number of pyridine rings is 1. The quantitative estimate of drug-likeness (QED) is 0.799. The third-order valence-corrected chi connectivity index (χ3v) is 3.53. The molecule has 2 heterocycles. The van der Waals surface area contributed by atoms with Crippen LogP contribution in [0.2, 0.25) is 0 Å². The fourth-order valence-corrected chi connectivity index (χ4v) is 2.40. The Morgan fingerprint density at radius 1 is 1.17 bits per heavy atom. The summed E-state index contributed by atoms with van der Waals surface area (Å²) in [6.45, 7) is 4.09. The Hall–Kier alpha value is -1.55. The maximum atomic E-state index is 4.23. The molecule has 0 saturated heterocycles. The van der Waals surface area contributed by atoms with E-state index in [0.717, 1.165) is 37.3 Å². The van der Waals surface area contributed by atoms with Gasteiger partial charge in [0.1, 0.15) is 0 Å². The molecule has 2 rings (SSSR count). The van der Waals surface area contributed by atoms with Crippen LogP contribution in [0.3, 0.4) is 0 Å². The molecule has 3 nitrogen and oxygen atoms in total. The monoisotopic (exact) mass is 261 g/mol. The largest absolute Gasteiger partial charge is 0.384 e. The minimum Gasteiger partial charge on any atom is -0.384 e. The van der Waals surface area contributed by atoms with Gasteiger partial charge in [-0.25, -0.2) is 0 Å². The fraction of sp³-hybridized carbons (Fsp3) is 0.357. The number of nitrogens with one attached hydrogen (secondary N) is 2. The maximum Gasteiger partial charge on any atom is 0.0547 e. The average molecular weight is 261 g/mol. The zero-order valence-electron chi connectivity index (χ0n) is 10.6. The topological polar surface area (TPSA) is 37.0 Å². The summed E-state index contributed by atoms with van der Waals surface area (Å²) in [4.78, 5) is 5.64. The summed E-state index contributed by atoms with van der Waals surface area (Å²) in [6.07, 6.45) is 5.91. The summed E-state index contributed by atoms with van der Waals surface area (Å²) in [5, 5.41) is 8.86. The molecule has 0 bridgehead atoms. The fourth-order valence-electron chi connectivity index (χ4n) is 1.69. The number of nitrogens with zero attached hydrogens (tertiary/aromatic N) is 1. The molecular formula is C14H19N3S. The molecule has 0 fully saturated rings. The van der Waals surface area contributed by atoms with E-state index in [9.17, 15) is 0 Å². The Morgan fingerprint density at radius 2 is 1.94 bits per heavy atom. The van der Waals surface area contributed by atoms with Crippen molar-refractivity contribution < 1.29 is 0 Å². The van der Waals surface area contributed by atoms with Crippen LogP contribution in [0.15, 0.2) is 36.0 Å². The van der Waals surface area contributed by atoms with Gasteiger partial charge in [-0.05, 0) is 30.4 Å². The van der Waals surface area contributed by atoms with Crippen LogP contribution in [-0.4, -0.2) is 18.1 Å². The van der Waals surface area contributed by atoms with Gasteiger partial charge in [0.05, 0.1) is 23.8 Å². The molecule has 2 aromatic heterocycles. The van der Waals surface area contributed by atoms with Gasteiger partial charge in [-0.3, -0.25) is 4.98 Å². The lowest BCUT2D eigenvalue weighted by Gasteiger charge is -2.08. The standard InChI is InChI=1S/C14H19N3S/c1-2-6-16-12-9-13(11-15-10-12)17-7-5-14-4-3-8-18-14/h3-4,8-11,16-17H,2,5-7H2,1H3. The number of hydrogen-bond acceptors (Lipinski definition) is 4. The molecule has 0 aliphatic carbocycles. The highest BCUT2D eigenvalue weighted by atomic mass is 32.1. The van der Waals surface area contributed by atoms with Gasteiger partial charge in [0.2, 0.25) is 0 Å². The Kier molecular flexibility index (Phi) is 5.02. The van der Waals surface area contributed by atoms with Gasteiger partial charge < -0.3 is 10.6 Å². The SMILES string of the molecule is CCCNc1cncc(NCCc2cccs2)c1. The van der Waals surface area contributed by atoms with E-state index >= 15 is 0 Å². The van der Waals surface area contributed by atoms with E-state index in [1.165, 1.54) is 4.88 Å². The normalized spacial score (nSPS) is 10.3. The first kappa shape index (κ1) is 12.9. The number of anilines is 2. The van der Waals surface area contributed by atoms with Gasteiger partial charge in [-0.15, -0.1) is 11.3 Å². The van der Waals surface area contributed by atoms with E-state index in [1.54, 1.807) is 11.3 Å². The molecule has 0 aromatic carbocycles. The van der Waals surface area contributed by atoms with Crippen molar-refractivity contribution in [3.63, 3.8) is 0 Å². The predicted molar refractivity (Wildman–Crippen MR) is 79.5 cm³/mol. The molecule has 96 valence electrons. The second-order valence-corrected chi connectivity index (χ2v) is 5.18. The molecule has 0 unspecified atom stereocenters. The van der Waals surface area contributed by atoms with Gasteiger partial charge in [-0.2, -0.15) is 0 Å². The molecule has 2 aromatic rings. The number of hydrogen-bond donors (Lipinski definition) is 2. The van der Waals surface area contributed by atoms with Gasteiger partial charge in [-0.1, -0.05) is 13.0 Å². The van der Waals surface area contributed by atoms with Gasteiger partial charge in [0.15, 0.2) is 0 Å². The summed E-state index contributed by atoms with van der Waals surface area (Å²) in [6, 6.07) is 6.37. The molecule has 0 aliphatic rings. The summed E-state index contributed by atoms with van der Waals surface area (Å²) in [7, 11) is 0. The first-order valence-electron chi connectivity index (χ1n) is 6.33. The Morgan fingerprint density at radius 3 is 2.61 bits per heavy atom. The van der Waals surface area contributed by atoms with Crippen molar-refractivity contribution in [1.82, 2.24) is 4.98 Å². The van der Waals surface area contributed by atoms with Crippen molar-refractivity contribution in [3.8, 4) is 0 Å². The first-order chi connectivity index (χ1) is 8.88. The zero-order valence-corrected chi connectivity index (χ0v) is 11.5. The van der Waals surface area contributed by atoms with Gasteiger partial charge >= 0.3 is 0 Å². The molecule has 2 N–H and O–H groups in total. The van der Waals surface area contributed by atoms with Crippen LogP contribution in [0, 0.1) is 0 Å². The number of thiophene rings is 1. The van der Waals surface area contributed by atoms with Crippen LogP contribution in [0.4, 0.5) is 11.4 Å². The van der Waals surface area contributed by atoms with E-state index in [4.69, 9.17) is 0 Å². The van der Waals surface area contributed by atoms with E-state index in [0.29, 0.717) is 0 Å². The third kappa shape index (κ3) is 4.04. The molecule has 0 atom stereocenters. The molecular weight excluding hydrogens is 242 g/mol. The van der Waals surface area contributed by atoms with Crippen molar-refractivity contribution in [2.75, 3.05) is 23.7 Å². The van der Waals surface area contributed by atoms with E-state index < -0.39 is 0 Å². The summed E-state index contributed by atoms with van der Waals surface area (Å²) in [5.41, 5.74) is 2.16. The third-order valence-electron chi connectivity index (χ3n) is 2.60. The zero-order chi connectivity index (χ0) is 12.6. The first-order valence-corrected chi connectivity index (χ1v) is 7.21. The Bertz CT molecular complexity index is 454. The molecule has 0 radical (unpaired) electrons. The van der Waals surface area contributed by atoms with Crippen LogP contribution in [0.1, 0.15) is 18.2 Å². The summed E-state index contributed by atoms with van der Waals surface area (Å²) >= 11 is 1.80. The lowest BCUT2D eigenvalue weighted by molar-refractivity contribution is 0.976. The Balaban J connectivity index is 1.81. The van der Waals surface area contributed by atoms with Gasteiger partial charge in [0, 0.05) is 18.0 Å². The highest BCUT2D eigenvalue weighted by Crippen LogP contribution is 2.14. The second kappa shape index (κ2) is 7.01.